The minimum Gasteiger partial charge on any atom is -0.208 e. The summed E-state index contributed by atoms with van der Waals surface area (Å²) >= 11 is 6.50. The van der Waals surface area contributed by atoms with Crippen LogP contribution >= 0.6 is 6.04 Å². The van der Waals surface area contributed by atoms with Gasteiger partial charge in [0.2, 0.25) is 0 Å². The molecule has 5 aromatic carbocycles. The molecule has 0 aliphatic rings. The van der Waals surface area contributed by atoms with Gasteiger partial charge in [0, 0.05) is 22.7 Å². The van der Waals surface area contributed by atoms with Crippen molar-refractivity contribution < 1.29 is 0 Å². The zero-order valence-electron chi connectivity index (χ0n) is 20.6. The smallest absolute Gasteiger partial charge is 0.164 e. The van der Waals surface area contributed by atoms with Gasteiger partial charge in [-0.15, -0.1) is 0 Å². The van der Waals surface area contributed by atoms with Crippen molar-refractivity contribution in [1.29, 1.82) is 0 Å². The van der Waals surface area contributed by atoms with E-state index in [-0.39, 0.29) is 0 Å². The van der Waals surface area contributed by atoms with Gasteiger partial charge in [0.15, 0.2) is 17.5 Å². The van der Waals surface area contributed by atoms with Crippen molar-refractivity contribution in [3.63, 3.8) is 0 Å². The fraction of sp³-hybridized carbons (Fsp3) is 0. The largest absolute Gasteiger partial charge is 0.208 e. The first-order valence-electron chi connectivity index (χ1n) is 12.4. The fourth-order valence-electron chi connectivity index (χ4n) is 4.48. The molecular formula is C33H24N3PS. The Balaban J connectivity index is 1.47. The van der Waals surface area contributed by atoms with Crippen LogP contribution in [0.5, 0.6) is 0 Å². The molecule has 0 radical (unpaired) electrons. The van der Waals surface area contributed by atoms with Gasteiger partial charge in [0.1, 0.15) is 0 Å². The van der Waals surface area contributed by atoms with Gasteiger partial charge in [0.25, 0.3) is 0 Å². The van der Waals surface area contributed by atoms with E-state index < -0.39 is 6.04 Å². The molecule has 0 bridgehead atoms. The summed E-state index contributed by atoms with van der Waals surface area (Å²) < 4.78 is 0. The van der Waals surface area contributed by atoms with Gasteiger partial charge < -0.3 is 0 Å². The molecule has 0 spiro atoms. The summed E-state index contributed by atoms with van der Waals surface area (Å²) in [6.45, 7) is 0. The molecular weight excluding hydrogens is 501 g/mol. The van der Waals surface area contributed by atoms with E-state index in [1.807, 2.05) is 72.8 Å². The lowest BCUT2D eigenvalue weighted by molar-refractivity contribution is 1.07. The summed E-state index contributed by atoms with van der Waals surface area (Å²) in [5.74, 6) is 1.94. The summed E-state index contributed by atoms with van der Waals surface area (Å²) in [4.78, 5) is 14.5. The zero-order valence-corrected chi connectivity index (χ0v) is 22.3. The van der Waals surface area contributed by atoms with E-state index in [4.69, 9.17) is 26.8 Å². The van der Waals surface area contributed by atoms with E-state index >= 15 is 0 Å². The van der Waals surface area contributed by atoms with E-state index in [9.17, 15) is 0 Å². The van der Waals surface area contributed by atoms with Crippen LogP contribution in [0.1, 0.15) is 0 Å². The van der Waals surface area contributed by atoms with Crippen LogP contribution in [0.3, 0.4) is 0 Å². The minimum atomic E-state index is -2.22. The normalized spacial score (nSPS) is 11.3. The van der Waals surface area contributed by atoms with Gasteiger partial charge in [-0.05, 0) is 15.9 Å². The lowest BCUT2D eigenvalue weighted by atomic mass is 10.1. The predicted molar refractivity (Wildman–Crippen MR) is 162 cm³/mol. The van der Waals surface area contributed by atoms with Crippen LogP contribution in [0.25, 0.3) is 34.2 Å². The van der Waals surface area contributed by atoms with E-state index in [0.29, 0.717) is 17.5 Å². The van der Waals surface area contributed by atoms with Crippen molar-refractivity contribution in [3.8, 4) is 34.2 Å². The third-order valence-electron chi connectivity index (χ3n) is 6.43. The van der Waals surface area contributed by atoms with Gasteiger partial charge in [-0.3, -0.25) is 0 Å². The highest BCUT2D eigenvalue weighted by Crippen LogP contribution is 2.43. The highest BCUT2D eigenvalue weighted by Gasteiger charge is 2.24. The van der Waals surface area contributed by atoms with Crippen LogP contribution in [-0.2, 0) is 11.8 Å². The summed E-state index contributed by atoms with van der Waals surface area (Å²) in [6.07, 6.45) is 0. The average Bonchev–Trinajstić information content (AvgIpc) is 3.02. The third-order valence-corrected chi connectivity index (χ3v) is 11.4. The Labute approximate surface area is 227 Å². The summed E-state index contributed by atoms with van der Waals surface area (Å²) in [5, 5.41) is 3.48. The van der Waals surface area contributed by atoms with Crippen LogP contribution in [0.2, 0.25) is 0 Å². The molecule has 38 heavy (non-hydrogen) atoms. The van der Waals surface area contributed by atoms with E-state index in [0.717, 1.165) is 22.0 Å². The number of hydrogen-bond acceptors (Lipinski definition) is 4. The Morgan fingerprint density at radius 2 is 0.632 bits per heavy atom. The van der Waals surface area contributed by atoms with E-state index in [1.165, 1.54) is 10.6 Å². The Morgan fingerprint density at radius 3 is 1.00 bits per heavy atom. The first-order valence-corrected chi connectivity index (χ1v) is 15.2. The van der Waals surface area contributed by atoms with Gasteiger partial charge in [-0.25, -0.2) is 15.0 Å². The molecule has 5 heteroatoms. The molecule has 0 atom stereocenters. The van der Waals surface area contributed by atoms with Crippen LogP contribution in [0, 0.1) is 0 Å². The summed E-state index contributed by atoms with van der Waals surface area (Å²) in [6, 6.07) is 47.2. The number of rotatable bonds is 6. The van der Waals surface area contributed by atoms with Gasteiger partial charge in [-0.2, -0.15) is 0 Å². The number of nitrogens with zero attached hydrogens (tertiary/aromatic N) is 3. The van der Waals surface area contributed by atoms with E-state index in [1.54, 1.807) is 0 Å². The predicted octanol–water partition coefficient (Wildman–Crippen LogP) is 6.63. The molecule has 0 aliphatic carbocycles. The van der Waals surface area contributed by atoms with Crippen LogP contribution in [-0.4, -0.2) is 15.0 Å². The van der Waals surface area contributed by atoms with Crippen molar-refractivity contribution in [2.24, 2.45) is 0 Å². The van der Waals surface area contributed by atoms with Crippen LogP contribution in [0.15, 0.2) is 146 Å². The van der Waals surface area contributed by atoms with E-state index in [2.05, 4.69) is 72.8 Å². The van der Waals surface area contributed by atoms with Crippen LogP contribution in [0.4, 0.5) is 0 Å². The molecule has 1 aromatic heterocycles. The van der Waals surface area contributed by atoms with Crippen molar-refractivity contribution in [2.45, 2.75) is 0 Å². The zero-order chi connectivity index (χ0) is 25.8. The second-order valence-corrected chi connectivity index (χ2v) is 13.3. The SMILES string of the molecule is S=P(c1ccccc1)(c1ccccc1)c1ccc(-c2nc(-c3ccccc3)nc(-c3ccccc3)n2)cc1. The molecule has 0 unspecified atom stereocenters. The van der Waals surface area contributed by atoms with Gasteiger partial charge in [0.05, 0.1) is 0 Å². The van der Waals surface area contributed by atoms with Gasteiger partial charge in [-0.1, -0.05) is 157 Å². The van der Waals surface area contributed by atoms with Crippen molar-refractivity contribution in [3.05, 3.63) is 146 Å². The molecule has 0 fully saturated rings. The molecule has 3 nitrogen and oxygen atoms in total. The summed E-state index contributed by atoms with van der Waals surface area (Å²) in [5.41, 5.74) is 2.83. The number of hydrogen-bond donors (Lipinski definition) is 0. The molecule has 0 amide bonds. The monoisotopic (exact) mass is 525 g/mol. The molecule has 1 heterocycles. The first kappa shape index (κ1) is 24.1. The summed E-state index contributed by atoms with van der Waals surface area (Å²) in [7, 11) is 0. The van der Waals surface area contributed by atoms with Crippen molar-refractivity contribution in [1.82, 2.24) is 15.0 Å². The second kappa shape index (κ2) is 10.6. The molecule has 0 N–H and O–H groups in total. The van der Waals surface area contributed by atoms with Crippen molar-refractivity contribution >= 4 is 33.8 Å². The third kappa shape index (κ3) is 4.72. The molecule has 0 saturated heterocycles. The Kier molecular flexibility index (Phi) is 6.75. The highest BCUT2D eigenvalue weighted by molar-refractivity contribution is 8.25. The molecule has 6 aromatic rings. The van der Waals surface area contributed by atoms with Crippen molar-refractivity contribution in [2.75, 3.05) is 0 Å². The Bertz CT molecular complexity index is 1610. The maximum absolute atomic E-state index is 6.50. The first-order chi connectivity index (χ1) is 18.7. The molecule has 0 aliphatic heterocycles. The maximum atomic E-state index is 6.50. The molecule has 0 saturated carbocycles. The average molecular weight is 526 g/mol. The minimum absolute atomic E-state index is 0.636. The number of benzene rings is 5. The quantitative estimate of drug-likeness (QED) is 0.229. The highest BCUT2D eigenvalue weighted by atomic mass is 32.4. The standard InChI is InChI=1S/C33H24N3PS/c38-37(28-17-9-3-10-18-28,29-19-11-4-12-20-29)30-23-21-27(22-24-30)33-35-31(25-13-5-1-6-14-25)34-32(36-33)26-15-7-2-8-16-26/h1-24H. The van der Waals surface area contributed by atoms with Gasteiger partial charge >= 0.3 is 0 Å². The second-order valence-electron chi connectivity index (χ2n) is 8.87. The lowest BCUT2D eigenvalue weighted by Crippen LogP contribution is -2.24. The lowest BCUT2D eigenvalue weighted by Gasteiger charge is -2.24. The molecule has 6 rings (SSSR count). The Hall–Kier alpha value is -4.24. The fourth-order valence-corrected chi connectivity index (χ4v) is 8.22. The number of aromatic nitrogens is 3. The molecule has 182 valence electrons. The maximum Gasteiger partial charge on any atom is 0.164 e. The Morgan fingerprint density at radius 1 is 0.342 bits per heavy atom. The van der Waals surface area contributed by atoms with Crippen LogP contribution < -0.4 is 15.9 Å². The topological polar surface area (TPSA) is 38.7 Å².